The lowest BCUT2D eigenvalue weighted by Crippen LogP contribution is -2.37. The molecule has 1 aromatic rings. The minimum Gasteiger partial charge on any atom is -0.300 e. The molecule has 1 aliphatic rings. The number of rotatable bonds is 9. The van der Waals surface area contributed by atoms with Crippen LogP contribution < -0.4 is 0 Å². The van der Waals surface area contributed by atoms with Crippen molar-refractivity contribution in [2.75, 3.05) is 13.1 Å². The van der Waals surface area contributed by atoms with Gasteiger partial charge in [0.05, 0.1) is 13.1 Å². The van der Waals surface area contributed by atoms with Crippen LogP contribution in [0.5, 0.6) is 0 Å². The highest BCUT2D eigenvalue weighted by Gasteiger charge is 2.27. The predicted octanol–water partition coefficient (Wildman–Crippen LogP) is 4.90. The zero-order chi connectivity index (χ0) is 17.4. The molecule has 0 bridgehead atoms. The fourth-order valence-corrected chi connectivity index (χ4v) is 3.57. The Morgan fingerprint density at radius 3 is 1.79 bits per heavy atom. The Hall–Kier alpha value is -2.20. The molecule has 1 aliphatic carbocycles. The molecule has 0 saturated heterocycles. The predicted molar refractivity (Wildman–Crippen MR) is 95.5 cm³/mol. The van der Waals surface area contributed by atoms with E-state index in [-0.39, 0.29) is 0 Å². The molecule has 0 radical (unpaired) electrons. The van der Waals surface area contributed by atoms with Gasteiger partial charge in [-0.15, -0.1) is 0 Å². The Kier molecular flexibility index (Phi) is 6.94. The third-order valence-electron chi connectivity index (χ3n) is 4.58. The van der Waals surface area contributed by atoms with Crippen LogP contribution in [0.2, 0.25) is 0 Å². The lowest BCUT2D eigenvalue weighted by Gasteiger charge is -2.27. The number of fused-ring (bicyclic) bond motifs is 1. The molecule has 0 fully saturated rings. The lowest BCUT2D eigenvalue weighted by molar-refractivity contribution is 0.202. The summed E-state index contributed by atoms with van der Waals surface area (Å²) in [7, 11) is 0. The van der Waals surface area contributed by atoms with Gasteiger partial charge in [-0.05, 0) is 72.1 Å². The van der Waals surface area contributed by atoms with E-state index >= 15 is 0 Å². The third kappa shape index (κ3) is 4.42. The number of hydrogen-bond donors (Lipinski definition) is 0. The van der Waals surface area contributed by atoms with E-state index in [4.69, 9.17) is 11.1 Å². The second-order valence-corrected chi connectivity index (χ2v) is 6.27. The van der Waals surface area contributed by atoms with Gasteiger partial charge in [0, 0.05) is 15.9 Å². The van der Waals surface area contributed by atoms with Crippen molar-refractivity contribution >= 4 is 0 Å². The lowest BCUT2D eigenvalue weighted by atomic mass is 10.00. The smallest absolute Gasteiger partial charge is 0.0513 e. The van der Waals surface area contributed by atoms with Gasteiger partial charge in [-0.1, -0.05) is 36.2 Å². The van der Waals surface area contributed by atoms with E-state index in [0.717, 1.165) is 49.9 Å². The first-order chi connectivity index (χ1) is 11.7. The van der Waals surface area contributed by atoms with Crippen molar-refractivity contribution in [3.8, 4) is 0 Å². The van der Waals surface area contributed by atoms with Crippen LogP contribution in [-0.2, 0) is 25.9 Å². The Morgan fingerprint density at radius 1 is 0.958 bits per heavy atom. The summed E-state index contributed by atoms with van der Waals surface area (Å²) >= 11 is 0. The van der Waals surface area contributed by atoms with Gasteiger partial charge < -0.3 is 0 Å². The van der Waals surface area contributed by atoms with Crippen molar-refractivity contribution in [1.82, 2.24) is 4.90 Å². The molecule has 0 aromatic heterocycles. The van der Waals surface area contributed by atoms with E-state index in [0.29, 0.717) is 19.1 Å². The average molecular weight is 327 g/mol. The van der Waals surface area contributed by atoms with Crippen LogP contribution in [0.4, 0.5) is 0 Å². The highest BCUT2D eigenvalue weighted by Crippen LogP contribution is 2.30. The first kappa shape index (κ1) is 18.1. The molecular weight excluding hydrogens is 302 g/mol. The minimum absolute atomic E-state index is 0.304. The summed E-state index contributed by atoms with van der Waals surface area (Å²) in [6.07, 6.45) is 4.41. The van der Waals surface area contributed by atoms with Gasteiger partial charge in [0.2, 0.25) is 0 Å². The van der Waals surface area contributed by atoms with Gasteiger partial charge in [-0.3, -0.25) is 4.90 Å². The van der Waals surface area contributed by atoms with E-state index in [2.05, 4.69) is 50.9 Å². The summed E-state index contributed by atoms with van der Waals surface area (Å²) in [5.74, 6) is 0. The molecular formula is C17H25N7. The van der Waals surface area contributed by atoms with Crippen LogP contribution >= 0.6 is 0 Å². The van der Waals surface area contributed by atoms with E-state index in [1.165, 1.54) is 11.1 Å². The molecule has 1 aromatic carbocycles. The molecule has 0 heterocycles. The standard InChI is InChI=1S/C17H25N7/c1-3-5-24(6-4-2)17-9-13-7-15(11-20-22-18)16(12-21-23-19)8-14(13)10-17/h7-8,17H,3-6,9-12H2,1-2H3. The Labute approximate surface area is 142 Å². The summed E-state index contributed by atoms with van der Waals surface area (Å²) in [6, 6.07) is 4.83. The molecule has 24 heavy (non-hydrogen) atoms. The number of nitrogens with zero attached hydrogens (tertiary/aromatic N) is 7. The first-order valence-electron chi connectivity index (χ1n) is 8.62. The molecule has 7 nitrogen and oxygen atoms in total. The average Bonchev–Trinajstić information content (AvgIpc) is 3.00. The van der Waals surface area contributed by atoms with Crippen LogP contribution in [0.25, 0.3) is 20.9 Å². The highest BCUT2D eigenvalue weighted by molar-refractivity contribution is 5.42. The monoisotopic (exact) mass is 327 g/mol. The molecule has 128 valence electrons. The zero-order valence-electron chi connectivity index (χ0n) is 14.5. The molecule has 7 heteroatoms. The van der Waals surface area contributed by atoms with E-state index in [1.54, 1.807) is 0 Å². The number of azide groups is 2. The van der Waals surface area contributed by atoms with Gasteiger partial charge in [0.15, 0.2) is 0 Å². The topological polar surface area (TPSA) is 101 Å². The molecule has 0 saturated carbocycles. The van der Waals surface area contributed by atoms with E-state index in [1.807, 2.05) is 0 Å². The van der Waals surface area contributed by atoms with Crippen LogP contribution in [0.1, 0.15) is 48.9 Å². The largest absolute Gasteiger partial charge is 0.300 e. The maximum Gasteiger partial charge on any atom is 0.0513 e. The van der Waals surface area contributed by atoms with Gasteiger partial charge in [-0.25, -0.2) is 0 Å². The summed E-state index contributed by atoms with van der Waals surface area (Å²) in [5.41, 5.74) is 21.8. The molecule has 2 rings (SSSR count). The van der Waals surface area contributed by atoms with Gasteiger partial charge in [0.25, 0.3) is 0 Å². The van der Waals surface area contributed by atoms with Crippen molar-refractivity contribution in [2.24, 2.45) is 10.2 Å². The van der Waals surface area contributed by atoms with Gasteiger partial charge in [0.1, 0.15) is 0 Å². The molecule has 0 N–H and O–H groups in total. The Morgan fingerprint density at radius 2 is 1.42 bits per heavy atom. The molecule has 0 atom stereocenters. The Balaban J connectivity index is 2.25. The number of benzene rings is 1. The maximum atomic E-state index is 8.59. The van der Waals surface area contributed by atoms with Crippen molar-refractivity contribution in [3.05, 3.63) is 55.3 Å². The highest BCUT2D eigenvalue weighted by atomic mass is 15.2. The van der Waals surface area contributed by atoms with Crippen molar-refractivity contribution in [1.29, 1.82) is 0 Å². The van der Waals surface area contributed by atoms with Gasteiger partial charge in [-0.2, -0.15) is 0 Å². The fourth-order valence-electron chi connectivity index (χ4n) is 3.57. The maximum absolute atomic E-state index is 8.59. The Bertz CT molecular complexity index is 602. The van der Waals surface area contributed by atoms with Crippen molar-refractivity contribution < 1.29 is 0 Å². The fraction of sp³-hybridized carbons (Fsp3) is 0.647. The summed E-state index contributed by atoms with van der Waals surface area (Å²) in [5, 5.41) is 7.37. The molecule has 0 unspecified atom stereocenters. The molecule has 0 spiro atoms. The van der Waals surface area contributed by atoms with Crippen LogP contribution in [0, 0.1) is 0 Å². The first-order valence-corrected chi connectivity index (χ1v) is 8.62. The van der Waals surface area contributed by atoms with Crippen molar-refractivity contribution in [3.63, 3.8) is 0 Å². The van der Waals surface area contributed by atoms with Crippen LogP contribution in [0.15, 0.2) is 22.4 Å². The van der Waals surface area contributed by atoms with Crippen LogP contribution in [0.3, 0.4) is 0 Å². The summed E-state index contributed by atoms with van der Waals surface area (Å²) < 4.78 is 0. The number of hydrogen-bond acceptors (Lipinski definition) is 3. The molecule has 0 amide bonds. The zero-order valence-corrected chi connectivity index (χ0v) is 14.5. The quantitative estimate of drug-likeness (QED) is 0.359. The van der Waals surface area contributed by atoms with Gasteiger partial charge >= 0.3 is 0 Å². The SMILES string of the molecule is CCCN(CCC)C1Cc2cc(CN=[N+]=[N-])c(CN=[N+]=[N-])cc2C1. The van der Waals surface area contributed by atoms with Crippen molar-refractivity contribution in [2.45, 2.75) is 58.7 Å². The van der Waals surface area contributed by atoms with Crippen LogP contribution in [-0.4, -0.2) is 24.0 Å². The second kappa shape index (κ2) is 9.18. The minimum atomic E-state index is 0.304. The molecule has 0 aliphatic heterocycles. The van der Waals surface area contributed by atoms with E-state index in [9.17, 15) is 0 Å². The summed E-state index contributed by atoms with van der Waals surface area (Å²) in [6.45, 7) is 7.31. The third-order valence-corrected chi connectivity index (χ3v) is 4.58. The van der Waals surface area contributed by atoms with E-state index < -0.39 is 0 Å². The summed E-state index contributed by atoms with van der Waals surface area (Å²) in [4.78, 5) is 8.29. The normalized spacial score (nSPS) is 15.7. The second-order valence-electron chi connectivity index (χ2n) is 6.27.